The summed E-state index contributed by atoms with van der Waals surface area (Å²) >= 11 is 0. The largest absolute Gasteiger partial charge is 0.347 e. The van der Waals surface area contributed by atoms with Gasteiger partial charge in [0.15, 0.2) is 0 Å². The van der Waals surface area contributed by atoms with Crippen molar-refractivity contribution in [3.8, 4) is 0 Å². The Hall–Kier alpha value is -2.64. The van der Waals surface area contributed by atoms with Crippen LogP contribution in [0.3, 0.4) is 0 Å². The number of nitrogens with one attached hydrogen (secondary N) is 1. The third-order valence-corrected chi connectivity index (χ3v) is 7.08. The number of carbonyl (C=O) groups is 1. The molecule has 1 aliphatic rings. The third kappa shape index (κ3) is 2.82. The van der Waals surface area contributed by atoms with E-state index >= 15 is 0 Å². The lowest BCUT2D eigenvalue weighted by Gasteiger charge is -2.27. The molecule has 0 radical (unpaired) electrons. The Morgan fingerprint density at radius 2 is 1.82 bits per heavy atom. The van der Waals surface area contributed by atoms with Crippen LogP contribution in [0.25, 0.3) is 10.9 Å². The fourth-order valence-corrected chi connectivity index (χ4v) is 5.57. The van der Waals surface area contributed by atoms with E-state index < -0.39 is 10.0 Å². The molecule has 1 aliphatic heterocycles. The van der Waals surface area contributed by atoms with Crippen molar-refractivity contribution in [2.45, 2.75) is 30.8 Å². The quantitative estimate of drug-likeness (QED) is 0.736. The zero-order valence-electron chi connectivity index (χ0n) is 16.1. The van der Waals surface area contributed by atoms with E-state index in [9.17, 15) is 13.2 Å². The Kier molecular flexibility index (Phi) is 4.51. The summed E-state index contributed by atoms with van der Waals surface area (Å²) in [5.74, 6) is -0.00829. The van der Waals surface area contributed by atoms with Crippen LogP contribution in [0.5, 0.6) is 0 Å². The van der Waals surface area contributed by atoms with Crippen LogP contribution >= 0.6 is 0 Å². The summed E-state index contributed by atoms with van der Waals surface area (Å²) in [6, 6.07) is 13.8. The van der Waals surface area contributed by atoms with Gasteiger partial charge in [-0.15, -0.1) is 0 Å². The Labute approximate surface area is 164 Å². The van der Waals surface area contributed by atoms with Crippen LogP contribution < -0.4 is 5.32 Å². The van der Waals surface area contributed by atoms with Crippen LogP contribution in [0, 0.1) is 6.92 Å². The van der Waals surface area contributed by atoms with Crippen molar-refractivity contribution >= 4 is 26.8 Å². The second kappa shape index (κ2) is 6.76. The fraction of sp³-hybridized carbons (Fsp3) is 0.286. The topological polar surface area (TPSA) is 71.4 Å². The smallest absolute Gasteiger partial charge is 0.268 e. The van der Waals surface area contributed by atoms with Crippen LogP contribution in [0.2, 0.25) is 0 Å². The maximum absolute atomic E-state index is 13.5. The molecule has 7 heteroatoms. The van der Waals surface area contributed by atoms with E-state index in [1.54, 1.807) is 49.3 Å². The van der Waals surface area contributed by atoms with Crippen LogP contribution in [0.15, 0.2) is 53.4 Å². The maximum Gasteiger partial charge on any atom is 0.268 e. The average Bonchev–Trinajstić information content (AvgIpc) is 3.03. The van der Waals surface area contributed by atoms with Crippen molar-refractivity contribution < 1.29 is 13.2 Å². The van der Waals surface area contributed by atoms with Gasteiger partial charge in [-0.3, -0.25) is 10.1 Å². The first-order valence-corrected chi connectivity index (χ1v) is 10.6. The number of aromatic nitrogens is 1. The molecule has 0 fully saturated rings. The normalized spacial score (nSPS) is 16.8. The molecule has 0 saturated carbocycles. The van der Waals surface area contributed by atoms with E-state index in [1.807, 2.05) is 25.1 Å². The molecule has 4 rings (SSSR count). The van der Waals surface area contributed by atoms with Gasteiger partial charge >= 0.3 is 0 Å². The van der Waals surface area contributed by atoms with E-state index in [-0.39, 0.29) is 16.8 Å². The fourth-order valence-electron chi connectivity index (χ4n) is 3.98. The summed E-state index contributed by atoms with van der Waals surface area (Å²) in [5, 5.41) is 4.15. The molecule has 0 bridgehead atoms. The van der Waals surface area contributed by atoms with Crippen molar-refractivity contribution in [3.05, 3.63) is 65.4 Å². The number of nitrogens with zero attached hydrogens (tertiary/aromatic N) is 2. The summed E-state index contributed by atoms with van der Waals surface area (Å²) < 4.78 is 28.4. The summed E-state index contributed by atoms with van der Waals surface area (Å²) in [4.78, 5) is 14.3. The lowest BCUT2D eigenvalue weighted by molar-refractivity contribution is -0.131. The van der Waals surface area contributed by atoms with Gasteiger partial charge in [-0.1, -0.05) is 30.3 Å². The Morgan fingerprint density at radius 3 is 2.50 bits per heavy atom. The molecule has 0 saturated heterocycles. The minimum atomic E-state index is -3.75. The molecular formula is C21H23N3O3S. The van der Waals surface area contributed by atoms with Gasteiger partial charge in [-0.2, -0.15) is 0 Å². The molecular weight excluding hydrogens is 374 g/mol. The van der Waals surface area contributed by atoms with Crippen LogP contribution in [0.1, 0.15) is 16.8 Å². The number of benzene rings is 2. The molecule has 3 aromatic rings. The van der Waals surface area contributed by atoms with Crippen LogP contribution in [-0.4, -0.2) is 43.3 Å². The second-order valence-corrected chi connectivity index (χ2v) is 9.13. The summed E-state index contributed by atoms with van der Waals surface area (Å²) in [6.07, 6.45) is 0.463. The van der Waals surface area contributed by atoms with Crippen molar-refractivity contribution in [2.24, 2.45) is 0 Å². The minimum Gasteiger partial charge on any atom is -0.347 e. The van der Waals surface area contributed by atoms with Gasteiger partial charge in [0.05, 0.1) is 22.1 Å². The van der Waals surface area contributed by atoms with E-state index in [2.05, 4.69) is 5.32 Å². The van der Waals surface area contributed by atoms with Crippen molar-refractivity contribution in [3.63, 3.8) is 0 Å². The second-order valence-electron chi connectivity index (χ2n) is 7.35. The van der Waals surface area contributed by atoms with Gasteiger partial charge in [-0.05, 0) is 42.7 Å². The molecule has 2 aromatic carbocycles. The first kappa shape index (κ1) is 18.7. The number of hydrogen-bond acceptors (Lipinski definition) is 4. The first-order chi connectivity index (χ1) is 13.3. The van der Waals surface area contributed by atoms with Gasteiger partial charge in [0.2, 0.25) is 5.91 Å². The van der Waals surface area contributed by atoms with E-state index in [1.165, 1.54) is 3.97 Å². The van der Waals surface area contributed by atoms with Gasteiger partial charge in [0, 0.05) is 26.0 Å². The van der Waals surface area contributed by atoms with Crippen molar-refractivity contribution in [1.82, 2.24) is 14.2 Å². The lowest BCUT2D eigenvalue weighted by atomic mass is 9.96. The maximum atomic E-state index is 13.5. The molecule has 6 nitrogen and oxygen atoms in total. The average molecular weight is 398 g/mol. The molecule has 1 unspecified atom stereocenters. The number of fused-ring (bicyclic) bond motifs is 3. The zero-order chi connectivity index (χ0) is 20.1. The first-order valence-electron chi connectivity index (χ1n) is 9.19. The molecule has 1 aromatic heterocycles. The number of likely N-dealkylation sites (N-methyl/N-ethyl adjacent to an activating group) is 1. The van der Waals surface area contributed by atoms with Crippen molar-refractivity contribution in [1.29, 1.82) is 0 Å². The minimum absolute atomic E-state index is 0.00829. The van der Waals surface area contributed by atoms with Gasteiger partial charge < -0.3 is 4.90 Å². The number of rotatable bonds is 3. The highest BCUT2D eigenvalue weighted by atomic mass is 32.2. The van der Waals surface area contributed by atoms with E-state index in [0.717, 1.165) is 16.5 Å². The molecule has 1 amide bonds. The number of hydrogen-bond donors (Lipinski definition) is 1. The lowest BCUT2D eigenvalue weighted by Crippen LogP contribution is -2.47. The predicted molar refractivity (Wildman–Crippen MR) is 109 cm³/mol. The Balaban J connectivity index is 1.96. The van der Waals surface area contributed by atoms with Gasteiger partial charge in [0.1, 0.15) is 0 Å². The molecule has 0 aliphatic carbocycles. The van der Waals surface area contributed by atoms with Gasteiger partial charge in [0.25, 0.3) is 10.0 Å². The molecule has 0 spiro atoms. The van der Waals surface area contributed by atoms with Crippen LogP contribution in [-0.2, 0) is 27.8 Å². The summed E-state index contributed by atoms with van der Waals surface area (Å²) in [5.41, 5.74) is 3.31. The number of amides is 1. The van der Waals surface area contributed by atoms with Crippen molar-refractivity contribution in [2.75, 3.05) is 14.1 Å². The monoisotopic (exact) mass is 397 g/mol. The highest BCUT2D eigenvalue weighted by Crippen LogP contribution is 2.35. The zero-order valence-corrected chi connectivity index (χ0v) is 17.0. The SMILES string of the molecule is Cc1cccc2c1c1c(n2S(=O)(=O)c2ccccc2)CNC(C(=O)N(C)C)C1. The van der Waals surface area contributed by atoms with E-state index in [0.29, 0.717) is 24.2 Å². The summed E-state index contributed by atoms with van der Waals surface area (Å²) in [7, 11) is -0.293. The number of carbonyl (C=O) groups excluding carboxylic acids is 1. The molecule has 28 heavy (non-hydrogen) atoms. The molecule has 1 atom stereocenters. The standard InChI is InChI=1S/C21H23N3O3S/c1-14-8-7-11-18-20(14)16-12-17(21(25)23(2)3)22-13-19(16)24(18)28(26,27)15-9-5-4-6-10-15/h4-11,17,22H,12-13H2,1-3H3. The Bertz CT molecular complexity index is 1160. The van der Waals surface area contributed by atoms with Crippen LogP contribution in [0.4, 0.5) is 0 Å². The Morgan fingerprint density at radius 1 is 1.11 bits per heavy atom. The highest BCUT2D eigenvalue weighted by Gasteiger charge is 2.33. The highest BCUT2D eigenvalue weighted by molar-refractivity contribution is 7.90. The van der Waals surface area contributed by atoms with E-state index in [4.69, 9.17) is 0 Å². The molecule has 1 N–H and O–H groups in total. The number of aryl methyl sites for hydroxylation is 1. The summed E-state index contributed by atoms with van der Waals surface area (Å²) in [6.45, 7) is 2.30. The molecule has 146 valence electrons. The molecule has 2 heterocycles. The third-order valence-electron chi connectivity index (χ3n) is 5.31. The van der Waals surface area contributed by atoms with Gasteiger partial charge in [-0.25, -0.2) is 12.4 Å². The predicted octanol–water partition coefficient (Wildman–Crippen LogP) is 2.29.